The SMILES string of the molecule is Cc1ccc(-c2cnc(NC(=O)C3CCCN(CCN(C)C)C3)s2)cc1. The summed E-state index contributed by atoms with van der Waals surface area (Å²) in [6.45, 7) is 6.06. The van der Waals surface area contributed by atoms with Crippen molar-refractivity contribution < 1.29 is 4.79 Å². The maximum Gasteiger partial charge on any atom is 0.230 e. The number of carbonyl (C=O) groups excluding carboxylic acids is 1. The summed E-state index contributed by atoms with van der Waals surface area (Å²) in [6.07, 6.45) is 3.88. The van der Waals surface area contributed by atoms with Crippen LogP contribution in [-0.4, -0.2) is 61.0 Å². The number of piperidine rings is 1. The minimum Gasteiger partial charge on any atom is -0.308 e. The number of aromatic nitrogens is 1. The third kappa shape index (κ3) is 5.13. The molecule has 2 aromatic rings. The molecule has 1 aliphatic rings. The second-order valence-electron chi connectivity index (χ2n) is 7.33. The first-order chi connectivity index (χ1) is 12.5. The van der Waals surface area contributed by atoms with Crippen molar-refractivity contribution in [2.45, 2.75) is 19.8 Å². The zero-order valence-corrected chi connectivity index (χ0v) is 16.7. The number of anilines is 1. The molecule has 3 rings (SSSR count). The Bertz CT molecular complexity index is 726. The van der Waals surface area contributed by atoms with E-state index in [0.29, 0.717) is 5.13 Å². The van der Waals surface area contributed by atoms with Crippen LogP contribution in [0.5, 0.6) is 0 Å². The molecule has 6 heteroatoms. The number of aryl methyl sites for hydroxylation is 1. The number of rotatable bonds is 6. The van der Waals surface area contributed by atoms with Crippen LogP contribution in [0.4, 0.5) is 5.13 Å². The van der Waals surface area contributed by atoms with Gasteiger partial charge in [-0.05, 0) is 46.0 Å². The molecule has 0 saturated carbocycles. The molecule has 1 unspecified atom stereocenters. The Morgan fingerprint density at radius 2 is 2.12 bits per heavy atom. The van der Waals surface area contributed by atoms with E-state index in [2.05, 4.69) is 65.4 Å². The van der Waals surface area contributed by atoms with Gasteiger partial charge in [-0.15, -0.1) is 0 Å². The molecular formula is C20H28N4OS. The smallest absolute Gasteiger partial charge is 0.230 e. The van der Waals surface area contributed by atoms with Gasteiger partial charge in [0, 0.05) is 25.8 Å². The molecule has 140 valence electrons. The molecular weight excluding hydrogens is 344 g/mol. The van der Waals surface area contributed by atoms with E-state index >= 15 is 0 Å². The van der Waals surface area contributed by atoms with Gasteiger partial charge in [0.1, 0.15) is 0 Å². The molecule has 0 radical (unpaired) electrons. The van der Waals surface area contributed by atoms with E-state index in [0.717, 1.165) is 49.5 Å². The predicted octanol–water partition coefficient (Wildman–Crippen LogP) is 3.33. The zero-order valence-electron chi connectivity index (χ0n) is 15.9. The molecule has 1 aliphatic heterocycles. The molecule has 1 atom stereocenters. The highest BCUT2D eigenvalue weighted by Crippen LogP contribution is 2.29. The highest BCUT2D eigenvalue weighted by Gasteiger charge is 2.26. The Morgan fingerprint density at radius 3 is 2.85 bits per heavy atom. The molecule has 0 aliphatic carbocycles. The monoisotopic (exact) mass is 372 g/mol. The number of amides is 1. The van der Waals surface area contributed by atoms with Gasteiger partial charge in [0.2, 0.25) is 5.91 Å². The zero-order chi connectivity index (χ0) is 18.5. The minimum atomic E-state index is 0.0534. The summed E-state index contributed by atoms with van der Waals surface area (Å²) in [7, 11) is 4.17. The molecule has 1 N–H and O–H groups in total. The number of likely N-dealkylation sites (tertiary alicyclic amines) is 1. The van der Waals surface area contributed by atoms with Crippen LogP contribution >= 0.6 is 11.3 Å². The van der Waals surface area contributed by atoms with Crippen LogP contribution in [0.25, 0.3) is 10.4 Å². The third-order valence-corrected chi connectivity index (χ3v) is 5.77. The van der Waals surface area contributed by atoms with Crippen molar-refractivity contribution in [1.29, 1.82) is 0 Å². The number of thiazole rings is 1. The van der Waals surface area contributed by atoms with E-state index in [1.807, 2.05) is 6.20 Å². The Balaban J connectivity index is 1.57. The van der Waals surface area contributed by atoms with Crippen molar-refractivity contribution in [1.82, 2.24) is 14.8 Å². The predicted molar refractivity (Wildman–Crippen MR) is 109 cm³/mol. The van der Waals surface area contributed by atoms with E-state index in [1.54, 1.807) is 0 Å². The van der Waals surface area contributed by atoms with Gasteiger partial charge in [-0.3, -0.25) is 4.79 Å². The van der Waals surface area contributed by atoms with Crippen LogP contribution in [0, 0.1) is 12.8 Å². The van der Waals surface area contributed by atoms with E-state index in [-0.39, 0.29) is 11.8 Å². The van der Waals surface area contributed by atoms with Crippen LogP contribution in [0.3, 0.4) is 0 Å². The molecule has 1 fully saturated rings. The average molecular weight is 373 g/mol. The number of nitrogens with zero attached hydrogens (tertiary/aromatic N) is 3. The second kappa shape index (κ2) is 8.75. The van der Waals surface area contributed by atoms with Gasteiger partial charge < -0.3 is 15.1 Å². The number of likely N-dealkylation sites (N-methyl/N-ethyl adjacent to an activating group) is 1. The summed E-state index contributed by atoms with van der Waals surface area (Å²) in [6, 6.07) is 8.38. The fourth-order valence-electron chi connectivity index (χ4n) is 3.20. The lowest BCUT2D eigenvalue weighted by Gasteiger charge is -2.32. The van der Waals surface area contributed by atoms with Crippen LogP contribution < -0.4 is 5.32 Å². The fraction of sp³-hybridized carbons (Fsp3) is 0.500. The fourth-order valence-corrected chi connectivity index (χ4v) is 4.03. The van der Waals surface area contributed by atoms with Crippen molar-refractivity contribution in [2.75, 3.05) is 45.6 Å². The van der Waals surface area contributed by atoms with Crippen molar-refractivity contribution in [3.8, 4) is 10.4 Å². The van der Waals surface area contributed by atoms with Crippen molar-refractivity contribution in [3.63, 3.8) is 0 Å². The van der Waals surface area contributed by atoms with Crippen LogP contribution in [0.15, 0.2) is 30.5 Å². The Kier molecular flexibility index (Phi) is 6.40. The molecule has 0 bridgehead atoms. The summed E-state index contributed by atoms with van der Waals surface area (Å²) in [5.41, 5.74) is 2.38. The normalized spacial score (nSPS) is 18.2. The number of carbonyl (C=O) groups is 1. The van der Waals surface area contributed by atoms with Crippen LogP contribution in [-0.2, 0) is 4.79 Å². The molecule has 1 amide bonds. The Morgan fingerprint density at radius 1 is 1.35 bits per heavy atom. The molecule has 1 saturated heterocycles. The van der Waals surface area contributed by atoms with E-state index in [4.69, 9.17) is 0 Å². The lowest BCUT2D eigenvalue weighted by Crippen LogP contribution is -2.43. The van der Waals surface area contributed by atoms with Gasteiger partial charge in [-0.1, -0.05) is 41.2 Å². The number of nitrogens with one attached hydrogen (secondary N) is 1. The lowest BCUT2D eigenvalue weighted by atomic mass is 9.97. The first-order valence-electron chi connectivity index (χ1n) is 9.22. The maximum atomic E-state index is 12.7. The van der Waals surface area contributed by atoms with Crippen molar-refractivity contribution >= 4 is 22.4 Å². The topological polar surface area (TPSA) is 48.5 Å². The summed E-state index contributed by atoms with van der Waals surface area (Å²) >= 11 is 1.54. The van der Waals surface area contributed by atoms with Gasteiger partial charge in [-0.25, -0.2) is 4.98 Å². The standard InChI is InChI=1S/C20H28N4OS/c1-15-6-8-16(9-7-15)18-13-21-20(26-18)22-19(25)17-5-4-10-24(14-17)12-11-23(2)3/h6-9,13,17H,4-5,10-12,14H2,1-3H3,(H,21,22,25). The van der Waals surface area contributed by atoms with Gasteiger partial charge in [-0.2, -0.15) is 0 Å². The van der Waals surface area contributed by atoms with Gasteiger partial charge in [0.25, 0.3) is 0 Å². The summed E-state index contributed by atoms with van der Waals surface area (Å²) in [4.78, 5) is 22.7. The molecule has 2 heterocycles. The van der Waals surface area contributed by atoms with Gasteiger partial charge in [0.15, 0.2) is 5.13 Å². The first-order valence-corrected chi connectivity index (χ1v) is 10.0. The number of hydrogen-bond donors (Lipinski definition) is 1. The molecule has 1 aromatic heterocycles. The molecule has 1 aromatic carbocycles. The van der Waals surface area contributed by atoms with Crippen molar-refractivity contribution in [3.05, 3.63) is 36.0 Å². The second-order valence-corrected chi connectivity index (χ2v) is 8.36. The minimum absolute atomic E-state index is 0.0534. The van der Waals surface area contributed by atoms with Gasteiger partial charge >= 0.3 is 0 Å². The summed E-state index contributed by atoms with van der Waals surface area (Å²) < 4.78 is 0. The summed E-state index contributed by atoms with van der Waals surface area (Å²) in [5.74, 6) is 0.155. The van der Waals surface area contributed by atoms with Crippen molar-refractivity contribution in [2.24, 2.45) is 5.92 Å². The van der Waals surface area contributed by atoms with Crippen LogP contribution in [0.2, 0.25) is 0 Å². The third-order valence-electron chi connectivity index (χ3n) is 4.81. The van der Waals surface area contributed by atoms with Gasteiger partial charge in [0.05, 0.1) is 10.8 Å². The van der Waals surface area contributed by atoms with Crippen LogP contribution in [0.1, 0.15) is 18.4 Å². The van der Waals surface area contributed by atoms with E-state index in [9.17, 15) is 4.79 Å². The lowest BCUT2D eigenvalue weighted by molar-refractivity contribution is -0.121. The molecule has 5 nitrogen and oxygen atoms in total. The Labute approximate surface area is 160 Å². The molecule has 0 spiro atoms. The first kappa shape index (κ1) is 19.0. The summed E-state index contributed by atoms with van der Waals surface area (Å²) in [5, 5.41) is 3.72. The van der Waals surface area contributed by atoms with E-state index < -0.39 is 0 Å². The molecule has 26 heavy (non-hydrogen) atoms. The number of hydrogen-bond acceptors (Lipinski definition) is 5. The Hall–Kier alpha value is -1.76. The number of benzene rings is 1. The maximum absolute atomic E-state index is 12.7. The quantitative estimate of drug-likeness (QED) is 0.845. The highest BCUT2D eigenvalue weighted by atomic mass is 32.1. The van der Waals surface area contributed by atoms with E-state index in [1.165, 1.54) is 16.9 Å². The largest absolute Gasteiger partial charge is 0.308 e. The average Bonchev–Trinajstić information content (AvgIpc) is 3.09. The highest BCUT2D eigenvalue weighted by molar-refractivity contribution is 7.19.